The van der Waals surface area contributed by atoms with Gasteiger partial charge in [-0.25, -0.2) is 4.79 Å². The van der Waals surface area contributed by atoms with Crippen LogP contribution in [-0.4, -0.2) is 53.2 Å². The summed E-state index contributed by atoms with van der Waals surface area (Å²) in [5, 5.41) is 12.2. The number of carboxylic acid groups (broad SMARTS) is 1. The molecule has 0 spiro atoms. The van der Waals surface area contributed by atoms with Gasteiger partial charge in [0.2, 0.25) is 5.91 Å². The third-order valence-corrected chi connectivity index (χ3v) is 7.13. The van der Waals surface area contributed by atoms with Gasteiger partial charge in [-0.1, -0.05) is 55.5 Å². The van der Waals surface area contributed by atoms with Gasteiger partial charge in [0.05, 0.1) is 5.92 Å². The van der Waals surface area contributed by atoms with Crippen LogP contribution < -0.4 is 5.32 Å². The molecule has 2 unspecified atom stereocenters. The molecule has 0 bridgehead atoms. The summed E-state index contributed by atoms with van der Waals surface area (Å²) in [6.45, 7) is 4.28. The Morgan fingerprint density at radius 3 is 2.26 bits per heavy atom. The number of likely N-dealkylation sites (tertiary alicyclic amines) is 1. The summed E-state index contributed by atoms with van der Waals surface area (Å²) in [5.41, 5.74) is 4.62. The summed E-state index contributed by atoms with van der Waals surface area (Å²) in [6, 6.07) is 15.9. The smallest absolute Gasteiger partial charge is 0.407 e. The highest BCUT2D eigenvalue weighted by atomic mass is 16.5. The number of hydrogen-bond acceptors (Lipinski definition) is 4. The lowest BCUT2D eigenvalue weighted by Gasteiger charge is -2.37. The van der Waals surface area contributed by atoms with Crippen LogP contribution in [0.5, 0.6) is 0 Å². The quantitative estimate of drug-likeness (QED) is 0.633. The fraction of sp³-hybridized carbons (Fsp3) is 0.444. The maximum Gasteiger partial charge on any atom is 0.407 e. The predicted octanol–water partition coefficient (Wildman–Crippen LogP) is 4.41. The number of aliphatic carboxylic acids is 1. The highest BCUT2D eigenvalue weighted by Crippen LogP contribution is 2.44. The molecule has 2 aromatic carbocycles. The number of amides is 2. The minimum Gasteiger partial charge on any atom is -0.481 e. The van der Waals surface area contributed by atoms with Crippen LogP contribution in [0.2, 0.25) is 0 Å². The summed E-state index contributed by atoms with van der Waals surface area (Å²) < 4.78 is 5.62. The van der Waals surface area contributed by atoms with E-state index in [2.05, 4.69) is 29.6 Å². The Balaban J connectivity index is 1.34. The monoisotopic (exact) mass is 464 g/mol. The van der Waals surface area contributed by atoms with Crippen LogP contribution in [0.3, 0.4) is 0 Å². The lowest BCUT2D eigenvalue weighted by Crippen LogP contribution is -2.49. The highest BCUT2D eigenvalue weighted by Gasteiger charge is 2.34. The van der Waals surface area contributed by atoms with Crippen molar-refractivity contribution >= 4 is 18.0 Å². The second-order valence-corrected chi connectivity index (χ2v) is 9.29. The van der Waals surface area contributed by atoms with Crippen molar-refractivity contribution in [3.05, 3.63) is 59.7 Å². The molecule has 7 heteroatoms. The van der Waals surface area contributed by atoms with Crippen LogP contribution >= 0.6 is 0 Å². The molecular formula is C27H32N2O5. The molecule has 4 rings (SSSR count). The molecular weight excluding hydrogens is 432 g/mol. The van der Waals surface area contributed by atoms with E-state index in [1.807, 2.05) is 38.1 Å². The van der Waals surface area contributed by atoms with Crippen LogP contribution in [0.25, 0.3) is 11.1 Å². The highest BCUT2D eigenvalue weighted by molar-refractivity contribution is 5.80. The lowest BCUT2D eigenvalue weighted by molar-refractivity contribution is -0.147. The van der Waals surface area contributed by atoms with Gasteiger partial charge in [-0.15, -0.1) is 0 Å². The molecule has 0 saturated carbocycles. The summed E-state index contributed by atoms with van der Waals surface area (Å²) in [6.07, 6.45) is 1.39. The Morgan fingerprint density at radius 2 is 1.68 bits per heavy atom. The van der Waals surface area contributed by atoms with Crippen molar-refractivity contribution in [2.75, 3.05) is 13.2 Å². The Kier molecular flexibility index (Phi) is 7.20. The maximum atomic E-state index is 12.9. The molecule has 1 heterocycles. The summed E-state index contributed by atoms with van der Waals surface area (Å²) in [4.78, 5) is 38.6. The van der Waals surface area contributed by atoms with Crippen LogP contribution in [0, 0.1) is 5.92 Å². The third kappa shape index (κ3) is 4.93. The van der Waals surface area contributed by atoms with Crippen LogP contribution in [0.1, 0.15) is 56.6 Å². The fourth-order valence-electron chi connectivity index (χ4n) is 5.09. The van der Waals surface area contributed by atoms with Crippen LogP contribution in [-0.2, 0) is 14.3 Å². The van der Waals surface area contributed by atoms with Gasteiger partial charge in [-0.2, -0.15) is 0 Å². The van der Waals surface area contributed by atoms with Gasteiger partial charge in [0.1, 0.15) is 6.61 Å². The molecule has 180 valence electrons. The van der Waals surface area contributed by atoms with Crippen LogP contribution in [0.15, 0.2) is 48.5 Å². The molecule has 7 nitrogen and oxygen atoms in total. The molecule has 1 aliphatic heterocycles. The standard InChI is InChI=1S/C27H32N2O5/c1-3-19(14-25(30)29-15-18(26(31)32)13-12-17(29)2)28-27(33)34-16-24-22-10-6-4-8-20(22)21-9-5-7-11-23(21)24/h4-11,17-19,24H,3,12-16H2,1-2H3,(H,28,33)(H,31,32)/t17?,18?,19-/m1/s1. The molecule has 3 atom stereocenters. The van der Waals surface area contributed by atoms with E-state index in [0.29, 0.717) is 19.3 Å². The number of fused-ring (bicyclic) bond motifs is 3. The second-order valence-electron chi connectivity index (χ2n) is 9.29. The fourth-order valence-corrected chi connectivity index (χ4v) is 5.09. The molecule has 2 aromatic rings. The van der Waals surface area contributed by atoms with Gasteiger partial charge in [-0.3, -0.25) is 9.59 Å². The molecule has 1 fully saturated rings. The van der Waals surface area contributed by atoms with E-state index < -0.39 is 18.0 Å². The predicted molar refractivity (Wildman–Crippen MR) is 128 cm³/mol. The largest absolute Gasteiger partial charge is 0.481 e. The first kappa shape index (κ1) is 23.8. The number of carbonyl (C=O) groups is 3. The molecule has 1 aliphatic carbocycles. The van der Waals surface area contributed by atoms with E-state index in [9.17, 15) is 19.5 Å². The normalized spacial score (nSPS) is 20.2. The summed E-state index contributed by atoms with van der Waals surface area (Å²) in [5.74, 6) is -1.56. The van der Waals surface area contributed by atoms with E-state index in [1.54, 1.807) is 4.90 Å². The average molecular weight is 465 g/mol. The van der Waals surface area contributed by atoms with E-state index in [1.165, 1.54) is 11.1 Å². The average Bonchev–Trinajstić information content (AvgIpc) is 3.16. The Morgan fingerprint density at radius 1 is 1.06 bits per heavy atom. The first-order chi connectivity index (χ1) is 16.4. The number of piperidine rings is 1. The topological polar surface area (TPSA) is 95.9 Å². The van der Waals surface area contributed by atoms with E-state index >= 15 is 0 Å². The van der Waals surface area contributed by atoms with Gasteiger partial charge in [0.25, 0.3) is 0 Å². The van der Waals surface area contributed by atoms with Crippen molar-refractivity contribution in [1.29, 1.82) is 0 Å². The molecule has 2 aliphatic rings. The van der Waals surface area contributed by atoms with Gasteiger partial charge in [-0.05, 0) is 48.4 Å². The SMILES string of the molecule is CC[C@H](CC(=O)N1CC(C(=O)O)CCC1C)NC(=O)OCC1c2ccccc2-c2ccccc21. The lowest BCUT2D eigenvalue weighted by atomic mass is 9.93. The molecule has 0 aromatic heterocycles. The zero-order chi connectivity index (χ0) is 24.2. The van der Waals surface area contributed by atoms with Gasteiger partial charge in [0.15, 0.2) is 0 Å². The zero-order valence-electron chi connectivity index (χ0n) is 19.7. The van der Waals surface area contributed by atoms with Crippen molar-refractivity contribution < 1.29 is 24.2 Å². The van der Waals surface area contributed by atoms with Gasteiger partial charge < -0.3 is 20.1 Å². The first-order valence-corrected chi connectivity index (χ1v) is 12.0. The number of nitrogens with one attached hydrogen (secondary N) is 1. The van der Waals surface area contributed by atoms with Crippen molar-refractivity contribution in [2.24, 2.45) is 5.92 Å². The third-order valence-electron chi connectivity index (χ3n) is 7.13. The number of carbonyl (C=O) groups excluding carboxylic acids is 2. The summed E-state index contributed by atoms with van der Waals surface area (Å²) in [7, 11) is 0. The number of alkyl carbamates (subject to hydrolysis) is 1. The molecule has 0 radical (unpaired) electrons. The minimum absolute atomic E-state index is 0.00457. The number of rotatable bonds is 7. The molecule has 2 N–H and O–H groups in total. The first-order valence-electron chi connectivity index (χ1n) is 12.0. The van der Waals surface area contributed by atoms with Crippen molar-refractivity contribution in [1.82, 2.24) is 10.2 Å². The Labute approximate surface area is 200 Å². The maximum absolute atomic E-state index is 12.9. The van der Waals surface area contributed by atoms with Crippen molar-refractivity contribution in [3.63, 3.8) is 0 Å². The van der Waals surface area contributed by atoms with E-state index in [4.69, 9.17) is 4.74 Å². The zero-order valence-corrected chi connectivity index (χ0v) is 19.7. The van der Waals surface area contributed by atoms with Gasteiger partial charge >= 0.3 is 12.1 Å². The van der Waals surface area contributed by atoms with E-state index in [-0.39, 0.29) is 43.5 Å². The number of benzene rings is 2. The van der Waals surface area contributed by atoms with Crippen LogP contribution in [0.4, 0.5) is 4.79 Å². The Bertz CT molecular complexity index is 1020. The number of hydrogen-bond donors (Lipinski definition) is 2. The number of ether oxygens (including phenoxy) is 1. The molecule has 34 heavy (non-hydrogen) atoms. The van der Waals surface area contributed by atoms with Crippen molar-refractivity contribution in [2.45, 2.75) is 57.5 Å². The molecule has 2 amide bonds. The van der Waals surface area contributed by atoms with E-state index in [0.717, 1.165) is 11.1 Å². The minimum atomic E-state index is -0.867. The van der Waals surface area contributed by atoms with Gasteiger partial charge in [0, 0.05) is 31.0 Å². The number of carboxylic acids is 1. The summed E-state index contributed by atoms with van der Waals surface area (Å²) >= 11 is 0. The molecule has 1 saturated heterocycles. The van der Waals surface area contributed by atoms with Crippen molar-refractivity contribution in [3.8, 4) is 11.1 Å². The number of nitrogens with zero attached hydrogens (tertiary/aromatic N) is 1. The second kappa shape index (κ2) is 10.3. The Hall–Kier alpha value is -3.35.